The fourth-order valence-electron chi connectivity index (χ4n) is 1.08. The molecule has 0 spiro atoms. The molecule has 2 N–H and O–H groups in total. The first-order valence-corrected chi connectivity index (χ1v) is 4.73. The van der Waals surface area contributed by atoms with Gasteiger partial charge in [-0.1, -0.05) is 0 Å². The molecule has 1 rings (SSSR count). The first kappa shape index (κ1) is 12.1. The van der Waals surface area contributed by atoms with Gasteiger partial charge in [-0.05, 0) is 12.5 Å². The second-order valence-corrected chi connectivity index (χ2v) is 3.11. The van der Waals surface area contributed by atoms with Crippen molar-refractivity contribution in [2.75, 3.05) is 13.2 Å². The lowest BCUT2D eigenvalue weighted by Crippen LogP contribution is -1.92. The number of non-ortho nitro benzene ring substituents is 1. The summed E-state index contributed by atoms with van der Waals surface area (Å²) in [6, 6.07) is 3.73. The molecule has 0 atom stereocenters. The number of aliphatic hydroxyl groups is 1. The van der Waals surface area contributed by atoms with Gasteiger partial charge in [-0.15, -0.1) is 0 Å². The first-order valence-electron chi connectivity index (χ1n) is 4.73. The van der Waals surface area contributed by atoms with Gasteiger partial charge in [0, 0.05) is 37.1 Å². The highest BCUT2D eigenvalue weighted by Gasteiger charge is 2.08. The summed E-state index contributed by atoms with van der Waals surface area (Å²) in [6.07, 6.45) is 1.88. The van der Waals surface area contributed by atoms with Crippen LogP contribution < -0.4 is 0 Å². The number of benzene rings is 1. The molecule has 0 bridgehead atoms. The van der Waals surface area contributed by atoms with Crippen LogP contribution in [-0.4, -0.2) is 34.5 Å². The zero-order chi connectivity index (χ0) is 12.0. The Morgan fingerprint density at radius 1 is 1.50 bits per heavy atom. The predicted molar refractivity (Wildman–Crippen MR) is 58.9 cm³/mol. The number of aliphatic imine (C=N–C) groups is 1. The van der Waals surface area contributed by atoms with Crippen LogP contribution in [0.3, 0.4) is 0 Å². The van der Waals surface area contributed by atoms with Gasteiger partial charge in [0.1, 0.15) is 5.75 Å². The molecule has 0 aliphatic rings. The van der Waals surface area contributed by atoms with Crippen LogP contribution in [-0.2, 0) is 0 Å². The van der Waals surface area contributed by atoms with Crippen molar-refractivity contribution in [1.82, 2.24) is 0 Å². The van der Waals surface area contributed by atoms with Crippen molar-refractivity contribution in [3.63, 3.8) is 0 Å². The van der Waals surface area contributed by atoms with Gasteiger partial charge in [0.25, 0.3) is 5.69 Å². The van der Waals surface area contributed by atoms with E-state index in [4.69, 9.17) is 5.11 Å². The number of phenols is 1. The lowest BCUT2D eigenvalue weighted by atomic mass is 10.2. The van der Waals surface area contributed by atoms with Gasteiger partial charge in [0.2, 0.25) is 0 Å². The molecule has 0 heterocycles. The monoisotopic (exact) mass is 224 g/mol. The quantitative estimate of drug-likeness (QED) is 0.339. The molecule has 0 aliphatic heterocycles. The standard InChI is InChI=1S/C10H12N2O4/c13-5-1-4-11-7-8-6-9(12(15)16)2-3-10(8)14/h2-3,6-7,13-14H,1,4-5H2. The Morgan fingerprint density at radius 2 is 2.25 bits per heavy atom. The Bertz CT molecular complexity index is 404. The summed E-state index contributed by atoms with van der Waals surface area (Å²) >= 11 is 0. The Morgan fingerprint density at radius 3 is 2.88 bits per heavy atom. The number of aromatic hydroxyl groups is 1. The van der Waals surface area contributed by atoms with Crippen LogP contribution in [0.1, 0.15) is 12.0 Å². The number of rotatable bonds is 5. The first-order chi connectivity index (χ1) is 7.65. The summed E-state index contributed by atoms with van der Waals surface area (Å²) in [5, 5.41) is 28.4. The Kier molecular flexibility index (Phi) is 4.41. The van der Waals surface area contributed by atoms with Gasteiger partial charge in [0.15, 0.2) is 0 Å². The van der Waals surface area contributed by atoms with Crippen molar-refractivity contribution in [3.8, 4) is 5.75 Å². The molecule has 0 unspecified atom stereocenters. The van der Waals surface area contributed by atoms with Crippen molar-refractivity contribution in [2.45, 2.75) is 6.42 Å². The molecule has 6 heteroatoms. The second-order valence-electron chi connectivity index (χ2n) is 3.11. The summed E-state index contributed by atoms with van der Waals surface area (Å²) in [7, 11) is 0. The molecule has 0 amide bonds. The van der Waals surface area contributed by atoms with Gasteiger partial charge >= 0.3 is 0 Å². The van der Waals surface area contributed by atoms with E-state index in [2.05, 4.69) is 4.99 Å². The van der Waals surface area contributed by atoms with E-state index in [-0.39, 0.29) is 18.0 Å². The van der Waals surface area contributed by atoms with Crippen LogP contribution in [0.4, 0.5) is 5.69 Å². The molecule has 16 heavy (non-hydrogen) atoms. The summed E-state index contributed by atoms with van der Waals surface area (Å²) < 4.78 is 0. The van der Waals surface area contributed by atoms with Gasteiger partial charge in [0.05, 0.1) is 4.92 Å². The van der Waals surface area contributed by atoms with Crippen molar-refractivity contribution in [3.05, 3.63) is 33.9 Å². The average Bonchev–Trinajstić information content (AvgIpc) is 2.26. The molecule has 1 aromatic carbocycles. The van der Waals surface area contributed by atoms with Crippen LogP contribution in [0, 0.1) is 10.1 Å². The maximum atomic E-state index is 10.5. The fraction of sp³-hybridized carbons (Fsp3) is 0.300. The Hall–Kier alpha value is -1.95. The normalized spacial score (nSPS) is 10.8. The minimum atomic E-state index is -0.537. The van der Waals surface area contributed by atoms with E-state index in [9.17, 15) is 15.2 Å². The van der Waals surface area contributed by atoms with E-state index in [0.29, 0.717) is 18.5 Å². The number of hydrogen-bond acceptors (Lipinski definition) is 5. The van der Waals surface area contributed by atoms with Gasteiger partial charge in [-0.3, -0.25) is 15.1 Å². The molecule has 0 radical (unpaired) electrons. The third-order valence-electron chi connectivity index (χ3n) is 1.90. The highest BCUT2D eigenvalue weighted by molar-refractivity contribution is 5.84. The molecule has 0 aromatic heterocycles. The molecule has 0 aliphatic carbocycles. The number of nitrogens with zero attached hydrogens (tertiary/aromatic N) is 2. The van der Waals surface area contributed by atoms with E-state index in [1.807, 2.05) is 0 Å². The second kappa shape index (κ2) is 5.82. The smallest absolute Gasteiger partial charge is 0.270 e. The predicted octanol–water partition coefficient (Wildman–Crippen LogP) is 1.10. The molecule has 0 fully saturated rings. The summed E-state index contributed by atoms with van der Waals surface area (Å²) in [6.45, 7) is 0.455. The zero-order valence-electron chi connectivity index (χ0n) is 8.54. The topological polar surface area (TPSA) is 96.0 Å². The van der Waals surface area contributed by atoms with Crippen molar-refractivity contribution >= 4 is 11.9 Å². The highest BCUT2D eigenvalue weighted by atomic mass is 16.6. The van der Waals surface area contributed by atoms with Crippen molar-refractivity contribution in [1.29, 1.82) is 0 Å². The largest absolute Gasteiger partial charge is 0.507 e. The number of hydrogen-bond donors (Lipinski definition) is 2. The summed E-state index contributed by atoms with van der Waals surface area (Å²) in [4.78, 5) is 13.9. The van der Waals surface area contributed by atoms with Crippen LogP contribution in [0.15, 0.2) is 23.2 Å². The van der Waals surface area contributed by atoms with E-state index in [0.717, 1.165) is 0 Å². The Labute approximate surface area is 92.0 Å². The average molecular weight is 224 g/mol. The lowest BCUT2D eigenvalue weighted by Gasteiger charge is -1.98. The number of aliphatic hydroxyl groups excluding tert-OH is 1. The zero-order valence-corrected chi connectivity index (χ0v) is 8.54. The van der Waals surface area contributed by atoms with E-state index in [1.54, 1.807) is 0 Å². The minimum Gasteiger partial charge on any atom is -0.507 e. The van der Waals surface area contributed by atoms with Gasteiger partial charge in [-0.25, -0.2) is 0 Å². The number of nitro groups is 1. The SMILES string of the molecule is O=[N+]([O-])c1ccc(O)c(C=NCCCO)c1. The molecule has 0 saturated carbocycles. The summed E-state index contributed by atoms with van der Waals surface area (Å²) in [5.41, 5.74) is 0.202. The van der Waals surface area contributed by atoms with Crippen molar-refractivity contribution in [2.24, 2.45) is 4.99 Å². The van der Waals surface area contributed by atoms with Crippen LogP contribution in [0.5, 0.6) is 5.75 Å². The maximum absolute atomic E-state index is 10.5. The van der Waals surface area contributed by atoms with E-state index >= 15 is 0 Å². The summed E-state index contributed by atoms with van der Waals surface area (Å²) in [5.74, 6) is -0.0571. The number of phenolic OH excluding ortho intramolecular Hbond substituents is 1. The van der Waals surface area contributed by atoms with E-state index < -0.39 is 4.92 Å². The van der Waals surface area contributed by atoms with E-state index in [1.165, 1.54) is 24.4 Å². The number of nitro benzene ring substituents is 1. The van der Waals surface area contributed by atoms with Gasteiger partial charge < -0.3 is 10.2 Å². The third-order valence-corrected chi connectivity index (χ3v) is 1.90. The highest BCUT2D eigenvalue weighted by Crippen LogP contribution is 2.21. The molecular formula is C10H12N2O4. The molecule has 0 saturated heterocycles. The minimum absolute atomic E-state index is 0.0399. The molecular weight excluding hydrogens is 212 g/mol. The molecule has 86 valence electrons. The Balaban J connectivity index is 2.82. The molecule has 6 nitrogen and oxygen atoms in total. The van der Waals surface area contributed by atoms with Crippen LogP contribution in [0.25, 0.3) is 0 Å². The van der Waals surface area contributed by atoms with Crippen LogP contribution in [0.2, 0.25) is 0 Å². The molecule has 1 aromatic rings. The van der Waals surface area contributed by atoms with Crippen LogP contribution >= 0.6 is 0 Å². The maximum Gasteiger partial charge on any atom is 0.270 e. The third kappa shape index (κ3) is 3.32. The van der Waals surface area contributed by atoms with Gasteiger partial charge in [-0.2, -0.15) is 0 Å². The van der Waals surface area contributed by atoms with Crippen molar-refractivity contribution < 1.29 is 15.1 Å². The fourth-order valence-corrected chi connectivity index (χ4v) is 1.08. The lowest BCUT2D eigenvalue weighted by molar-refractivity contribution is -0.384.